The van der Waals surface area contributed by atoms with E-state index in [1.807, 2.05) is 23.1 Å². The van der Waals surface area contributed by atoms with Crippen LogP contribution in [0.3, 0.4) is 0 Å². The van der Waals surface area contributed by atoms with Gasteiger partial charge in [0.1, 0.15) is 11.8 Å². The Balaban J connectivity index is 1.60. The number of carbonyl (C=O) groups excluding carboxylic acids is 1. The molecule has 1 aliphatic heterocycles. The zero-order valence-electron chi connectivity index (χ0n) is 15.4. The molecule has 2 aromatic rings. The number of nitrogens with one attached hydrogen (secondary N) is 1. The van der Waals surface area contributed by atoms with Crippen molar-refractivity contribution in [3.8, 4) is 6.07 Å². The van der Waals surface area contributed by atoms with Crippen LogP contribution in [0.15, 0.2) is 48.5 Å². The maximum absolute atomic E-state index is 12.4. The summed E-state index contributed by atoms with van der Waals surface area (Å²) in [5.41, 5.74) is 1.64. The molecule has 8 heteroatoms. The number of hydrogen-bond acceptors (Lipinski definition) is 6. The summed E-state index contributed by atoms with van der Waals surface area (Å²) in [7, 11) is 0. The fourth-order valence-corrected chi connectivity index (χ4v) is 3.35. The quantitative estimate of drug-likeness (QED) is 0.633. The summed E-state index contributed by atoms with van der Waals surface area (Å²) in [5, 5.41) is 23.0. The van der Waals surface area contributed by atoms with E-state index in [1.165, 1.54) is 12.1 Å². The van der Waals surface area contributed by atoms with Crippen molar-refractivity contribution in [1.29, 1.82) is 5.26 Å². The predicted molar refractivity (Wildman–Crippen MR) is 106 cm³/mol. The van der Waals surface area contributed by atoms with Crippen molar-refractivity contribution in [1.82, 2.24) is 4.90 Å². The van der Waals surface area contributed by atoms with Crippen LogP contribution in [0.4, 0.5) is 17.1 Å². The number of anilines is 2. The van der Waals surface area contributed by atoms with Gasteiger partial charge in [0, 0.05) is 32.2 Å². The number of carbonyl (C=O) groups is 1. The van der Waals surface area contributed by atoms with Gasteiger partial charge in [-0.3, -0.25) is 19.8 Å². The highest BCUT2D eigenvalue weighted by Crippen LogP contribution is 2.23. The predicted octanol–water partition coefficient (Wildman–Crippen LogP) is 2.62. The van der Waals surface area contributed by atoms with Crippen molar-refractivity contribution in [2.45, 2.75) is 6.42 Å². The lowest BCUT2D eigenvalue weighted by molar-refractivity contribution is -0.383. The first-order chi connectivity index (χ1) is 13.6. The molecule has 1 amide bonds. The van der Waals surface area contributed by atoms with Gasteiger partial charge in [0.05, 0.1) is 22.7 Å². The highest BCUT2D eigenvalue weighted by Gasteiger charge is 2.20. The van der Waals surface area contributed by atoms with E-state index in [0.717, 1.165) is 25.2 Å². The van der Waals surface area contributed by atoms with E-state index < -0.39 is 4.92 Å². The zero-order valence-corrected chi connectivity index (χ0v) is 15.4. The van der Waals surface area contributed by atoms with E-state index in [1.54, 1.807) is 18.2 Å². The summed E-state index contributed by atoms with van der Waals surface area (Å²) in [6.45, 7) is 3.10. The molecule has 0 unspecified atom stereocenters. The van der Waals surface area contributed by atoms with Gasteiger partial charge in [0.2, 0.25) is 5.91 Å². The maximum atomic E-state index is 12.4. The van der Waals surface area contributed by atoms with E-state index in [9.17, 15) is 20.2 Å². The third-order valence-electron chi connectivity index (χ3n) is 4.70. The van der Waals surface area contributed by atoms with E-state index in [0.29, 0.717) is 18.7 Å². The first kappa shape index (κ1) is 19.3. The molecule has 0 atom stereocenters. The van der Waals surface area contributed by atoms with Crippen LogP contribution >= 0.6 is 0 Å². The van der Waals surface area contributed by atoms with Gasteiger partial charge >= 0.3 is 0 Å². The molecular formula is C20H21N5O3. The molecule has 3 rings (SSSR count). The summed E-state index contributed by atoms with van der Waals surface area (Å²) in [6, 6.07) is 15.8. The largest absolute Gasteiger partial charge is 0.369 e. The van der Waals surface area contributed by atoms with Crippen molar-refractivity contribution in [2.75, 3.05) is 42.9 Å². The highest BCUT2D eigenvalue weighted by molar-refractivity contribution is 5.94. The van der Waals surface area contributed by atoms with Crippen molar-refractivity contribution >= 4 is 23.0 Å². The van der Waals surface area contributed by atoms with E-state index in [4.69, 9.17) is 0 Å². The summed E-state index contributed by atoms with van der Waals surface area (Å²) in [5.74, 6) is -0.278. The van der Waals surface area contributed by atoms with Crippen molar-refractivity contribution in [3.05, 3.63) is 64.2 Å². The Hall–Kier alpha value is -3.44. The molecule has 2 aromatic carbocycles. The summed E-state index contributed by atoms with van der Waals surface area (Å²) < 4.78 is 0. The van der Waals surface area contributed by atoms with Gasteiger partial charge in [-0.05, 0) is 24.6 Å². The number of amides is 1. The number of nitro benzene ring substituents is 1. The minimum Gasteiger partial charge on any atom is -0.369 e. The van der Waals surface area contributed by atoms with Crippen LogP contribution in [0.25, 0.3) is 0 Å². The lowest BCUT2D eigenvalue weighted by atomic mass is 10.1. The molecule has 0 spiro atoms. The molecule has 0 aliphatic carbocycles. The Kier molecular flexibility index (Phi) is 6.19. The third-order valence-corrected chi connectivity index (χ3v) is 4.70. The fraction of sp³-hybridized carbons (Fsp3) is 0.300. The Morgan fingerprint density at radius 1 is 1.11 bits per heavy atom. The van der Waals surface area contributed by atoms with E-state index in [-0.39, 0.29) is 23.8 Å². The third kappa shape index (κ3) is 4.64. The lowest BCUT2D eigenvalue weighted by Crippen LogP contribution is -2.36. The minimum absolute atomic E-state index is 0.119. The standard InChI is InChI=1S/C20H21N5O3/c21-14-16-6-1-3-8-18(16)24-11-5-10-23(12-13-24)15-20(26)22-17-7-2-4-9-19(17)25(27)28/h1-4,6-9H,5,10-13,15H2,(H,22,26). The molecule has 1 N–H and O–H groups in total. The monoisotopic (exact) mass is 379 g/mol. The smallest absolute Gasteiger partial charge is 0.292 e. The first-order valence-electron chi connectivity index (χ1n) is 9.08. The fourth-order valence-electron chi connectivity index (χ4n) is 3.35. The van der Waals surface area contributed by atoms with Crippen LogP contribution < -0.4 is 10.2 Å². The molecule has 0 bridgehead atoms. The zero-order chi connectivity index (χ0) is 19.9. The Labute approximate surface area is 163 Å². The number of benzene rings is 2. The van der Waals surface area contributed by atoms with Crippen LogP contribution in [-0.2, 0) is 4.79 Å². The number of rotatable bonds is 5. The summed E-state index contributed by atoms with van der Waals surface area (Å²) >= 11 is 0. The van der Waals surface area contributed by atoms with Crippen LogP contribution in [0.2, 0.25) is 0 Å². The Morgan fingerprint density at radius 2 is 1.86 bits per heavy atom. The molecular weight excluding hydrogens is 358 g/mol. The SMILES string of the molecule is N#Cc1ccccc1N1CCCN(CC(=O)Nc2ccccc2[N+](=O)[O-])CC1. The molecule has 0 saturated carbocycles. The van der Waals surface area contributed by atoms with Gasteiger partial charge in [-0.1, -0.05) is 24.3 Å². The van der Waals surface area contributed by atoms with Gasteiger partial charge in [0.25, 0.3) is 5.69 Å². The minimum atomic E-state index is -0.508. The molecule has 1 saturated heterocycles. The molecule has 0 aromatic heterocycles. The summed E-state index contributed by atoms with van der Waals surface area (Å²) in [4.78, 5) is 27.1. The van der Waals surface area contributed by atoms with Crippen molar-refractivity contribution < 1.29 is 9.72 Å². The van der Waals surface area contributed by atoms with E-state index in [2.05, 4.69) is 16.3 Å². The van der Waals surface area contributed by atoms with Gasteiger partial charge in [-0.2, -0.15) is 5.26 Å². The Bertz CT molecular complexity index is 909. The van der Waals surface area contributed by atoms with Crippen LogP contribution in [0, 0.1) is 21.4 Å². The highest BCUT2D eigenvalue weighted by atomic mass is 16.6. The second-order valence-electron chi connectivity index (χ2n) is 6.57. The van der Waals surface area contributed by atoms with Gasteiger partial charge in [-0.15, -0.1) is 0 Å². The normalized spacial score (nSPS) is 14.8. The summed E-state index contributed by atoms with van der Waals surface area (Å²) in [6.07, 6.45) is 0.860. The second-order valence-corrected chi connectivity index (χ2v) is 6.57. The second kappa shape index (κ2) is 8.97. The number of para-hydroxylation sites is 3. The van der Waals surface area contributed by atoms with Gasteiger partial charge in [0.15, 0.2) is 0 Å². The Morgan fingerprint density at radius 3 is 2.64 bits per heavy atom. The maximum Gasteiger partial charge on any atom is 0.292 e. The van der Waals surface area contributed by atoms with Crippen LogP contribution in [-0.4, -0.2) is 48.5 Å². The number of hydrogen-bond donors (Lipinski definition) is 1. The average molecular weight is 379 g/mol. The lowest BCUT2D eigenvalue weighted by Gasteiger charge is -2.24. The molecule has 8 nitrogen and oxygen atoms in total. The van der Waals surface area contributed by atoms with E-state index >= 15 is 0 Å². The van der Waals surface area contributed by atoms with Crippen molar-refractivity contribution in [2.24, 2.45) is 0 Å². The van der Waals surface area contributed by atoms with Crippen molar-refractivity contribution in [3.63, 3.8) is 0 Å². The molecule has 0 radical (unpaired) electrons. The molecule has 28 heavy (non-hydrogen) atoms. The first-order valence-corrected chi connectivity index (χ1v) is 9.08. The molecule has 1 fully saturated rings. The van der Waals surface area contributed by atoms with Gasteiger partial charge < -0.3 is 10.2 Å². The number of nitro groups is 1. The number of nitriles is 1. The van der Waals surface area contributed by atoms with Crippen LogP contribution in [0.5, 0.6) is 0 Å². The molecule has 144 valence electrons. The number of nitrogens with zero attached hydrogens (tertiary/aromatic N) is 4. The topological polar surface area (TPSA) is 103 Å². The van der Waals surface area contributed by atoms with Crippen LogP contribution in [0.1, 0.15) is 12.0 Å². The molecule has 1 heterocycles. The molecule has 1 aliphatic rings. The average Bonchev–Trinajstić information content (AvgIpc) is 2.93. The van der Waals surface area contributed by atoms with Gasteiger partial charge in [-0.25, -0.2) is 0 Å².